The van der Waals surface area contributed by atoms with Crippen molar-refractivity contribution in [2.45, 2.75) is 24.8 Å². The van der Waals surface area contributed by atoms with Gasteiger partial charge in [-0.3, -0.25) is 4.98 Å². The molecular formula is C11H16N2O. The molecule has 0 saturated heterocycles. The Morgan fingerprint density at radius 1 is 1.50 bits per heavy atom. The van der Waals surface area contributed by atoms with Crippen molar-refractivity contribution >= 4 is 0 Å². The number of hydrogen-bond acceptors (Lipinski definition) is 3. The van der Waals surface area contributed by atoms with Gasteiger partial charge in [0.2, 0.25) is 0 Å². The quantitative estimate of drug-likeness (QED) is 0.782. The zero-order chi connectivity index (χ0) is 10.0. The smallest absolute Gasteiger partial charge is 0.137 e. The highest BCUT2D eigenvalue weighted by Crippen LogP contribution is 2.38. The van der Waals surface area contributed by atoms with Crippen molar-refractivity contribution < 1.29 is 4.74 Å². The van der Waals surface area contributed by atoms with Crippen LogP contribution in [0.4, 0.5) is 0 Å². The Kier molecular flexibility index (Phi) is 2.42. The minimum Gasteiger partial charge on any atom is -0.495 e. The SMILES string of the molecule is CNC1(Cc2cncc(OC)c2)CC1. The van der Waals surface area contributed by atoms with Gasteiger partial charge in [-0.1, -0.05) is 0 Å². The van der Waals surface area contributed by atoms with E-state index in [0.717, 1.165) is 12.2 Å². The minimum absolute atomic E-state index is 0.341. The van der Waals surface area contributed by atoms with Crippen LogP contribution in [0.25, 0.3) is 0 Å². The highest BCUT2D eigenvalue weighted by atomic mass is 16.5. The van der Waals surface area contributed by atoms with E-state index in [1.165, 1.54) is 18.4 Å². The molecule has 0 bridgehead atoms. The molecule has 1 saturated carbocycles. The monoisotopic (exact) mass is 192 g/mol. The first kappa shape index (κ1) is 9.46. The molecule has 0 unspecified atom stereocenters. The summed E-state index contributed by atoms with van der Waals surface area (Å²) in [4.78, 5) is 4.15. The Morgan fingerprint density at radius 2 is 2.29 bits per heavy atom. The van der Waals surface area contributed by atoms with E-state index < -0.39 is 0 Å². The van der Waals surface area contributed by atoms with Crippen LogP contribution in [0.5, 0.6) is 5.75 Å². The van der Waals surface area contributed by atoms with Gasteiger partial charge in [0.25, 0.3) is 0 Å². The molecule has 1 fully saturated rings. The Hall–Kier alpha value is -1.09. The van der Waals surface area contributed by atoms with Crippen molar-refractivity contribution in [1.82, 2.24) is 10.3 Å². The van der Waals surface area contributed by atoms with E-state index in [4.69, 9.17) is 4.74 Å². The maximum atomic E-state index is 5.14. The number of pyridine rings is 1. The van der Waals surface area contributed by atoms with E-state index in [1.54, 1.807) is 13.3 Å². The number of methoxy groups -OCH3 is 1. The van der Waals surface area contributed by atoms with Crippen molar-refractivity contribution in [2.75, 3.05) is 14.2 Å². The number of likely N-dealkylation sites (N-methyl/N-ethyl adjacent to an activating group) is 1. The molecular weight excluding hydrogens is 176 g/mol. The van der Waals surface area contributed by atoms with E-state index >= 15 is 0 Å². The number of hydrogen-bond donors (Lipinski definition) is 1. The average Bonchev–Trinajstić information content (AvgIpc) is 2.99. The van der Waals surface area contributed by atoms with E-state index in [9.17, 15) is 0 Å². The van der Waals surface area contributed by atoms with Crippen molar-refractivity contribution in [3.05, 3.63) is 24.0 Å². The number of aromatic nitrogens is 1. The number of rotatable bonds is 4. The first-order chi connectivity index (χ1) is 6.78. The normalized spacial score (nSPS) is 17.9. The first-order valence-electron chi connectivity index (χ1n) is 4.95. The van der Waals surface area contributed by atoms with Gasteiger partial charge in [-0.25, -0.2) is 0 Å². The van der Waals surface area contributed by atoms with Crippen LogP contribution in [-0.4, -0.2) is 24.7 Å². The zero-order valence-electron chi connectivity index (χ0n) is 8.71. The summed E-state index contributed by atoms with van der Waals surface area (Å²) < 4.78 is 5.14. The molecule has 1 heterocycles. The summed E-state index contributed by atoms with van der Waals surface area (Å²) in [5.74, 6) is 0.842. The summed E-state index contributed by atoms with van der Waals surface area (Å²) in [5, 5.41) is 3.37. The van der Waals surface area contributed by atoms with Crippen LogP contribution in [0.3, 0.4) is 0 Å². The molecule has 1 aromatic heterocycles. The molecule has 0 radical (unpaired) electrons. The Bertz CT molecular complexity index is 321. The largest absolute Gasteiger partial charge is 0.495 e. The molecule has 0 aromatic carbocycles. The summed E-state index contributed by atoms with van der Waals surface area (Å²) in [6.07, 6.45) is 7.23. The van der Waals surface area contributed by atoms with Crippen molar-refractivity contribution in [2.24, 2.45) is 0 Å². The van der Waals surface area contributed by atoms with Crippen molar-refractivity contribution in [3.63, 3.8) is 0 Å². The third kappa shape index (κ3) is 1.87. The van der Waals surface area contributed by atoms with E-state index in [0.29, 0.717) is 5.54 Å². The van der Waals surface area contributed by atoms with Gasteiger partial charge in [-0.05, 0) is 37.9 Å². The maximum Gasteiger partial charge on any atom is 0.137 e. The molecule has 1 aliphatic carbocycles. The summed E-state index contributed by atoms with van der Waals surface area (Å²) in [6, 6.07) is 2.06. The van der Waals surface area contributed by atoms with Gasteiger partial charge >= 0.3 is 0 Å². The van der Waals surface area contributed by atoms with Gasteiger partial charge in [0.15, 0.2) is 0 Å². The number of ether oxygens (including phenoxy) is 1. The predicted molar refractivity (Wildman–Crippen MR) is 55.5 cm³/mol. The Morgan fingerprint density at radius 3 is 2.86 bits per heavy atom. The highest BCUT2D eigenvalue weighted by Gasteiger charge is 2.40. The van der Waals surface area contributed by atoms with Gasteiger partial charge in [0.05, 0.1) is 13.3 Å². The van der Waals surface area contributed by atoms with Crippen LogP contribution in [0.2, 0.25) is 0 Å². The highest BCUT2D eigenvalue weighted by molar-refractivity contribution is 5.26. The van der Waals surface area contributed by atoms with E-state index in [1.807, 2.05) is 13.2 Å². The standard InChI is InChI=1S/C11H16N2O/c1-12-11(3-4-11)6-9-5-10(14-2)8-13-7-9/h5,7-8,12H,3-4,6H2,1-2H3. The number of nitrogens with one attached hydrogen (secondary N) is 1. The topological polar surface area (TPSA) is 34.2 Å². The number of nitrogens with zero attached hydrogens (tertiary/aromatic N) is 1. The average molecular weight is 192 g/mol. The third-order valence-corrected chi connectivity index (χ3v) is 2.93. The molecule has 0 amide bonds. The van der Waals surface area contributed by atoms with Gasteiger partial charge in [0.1, 0.15) is 5.75 Å². The summed E-state index contributed by atoms with van der Waals surface area (Å²) in [6.45, 7) is 0. The van der Waals surface area contributed by atoms with E-state index in [-0.39, 0.29) is 0 Å². The lowest BCUT2D eigenvalue weighted by molar-refractivity contribution is 0.411. The lowest BCUT2D eigenvalue weighted by Crippen LogP contribution is -2.29. The van der Waals surface area contributed by atoms with E-state index in [2.05, 4.69) is 16.4 Å². The molecule has 0 spiro atoms. The van der Waals surface area contributed by atoms with Crippen LogP contribution < -0.4 is 10.1 Å². The fraction of sp³-hybridized carbons (Fsp3) is 0.545. The van der Waals surface area contributed by atoms with Gasteiger partial charge in [-0.2, -0.15) is 0 Å². The summed E-state index contributed by atoms with van der Waals surface area (Å²) in [7, 11) is 3.70. The Balaban J connectivity index is 2.09. The third-order valence-electron chi connectivity index (χ3n) is 2.93. The van der Waals surface area contributed by atoms with Crippen molar-refractivity contribution in [1.29, 1.82) is 0 Å². The van der Waals surface area contributed by atoms with Crippen LogP contribution in [0.1, 0.15) is 18.4 Å². The minimum atomic E-state index is 0.341. The molecule has 76 valence electrons. The Labute approximate surface area is 84.5 Å². The van der Waals surface area contributed by atoms with Crippen LogP contribution >= 0.6 is 0 Å². The molecule has 3 nitrogen and oxygen atoms in total. The fourth-order valence-electron chi connectivity index (χ4n) is 1.73. The first-order valence-corrected chi connectivity index (χ1v) is 4.95. The summed E-state index contributed by atoms with van der Waals surface area (Å²) >= 11 is 0. The lowest BCUT2D eigenvalue weighted by atomic mass is 10.1. The van der Waals surface area contributed by atoms with Crippen LogP contribution in [0, 0.1) is 0 Å². The fourth-order valence-corrected chi connectivity index (χ4v) is 1.73. The van der Waals surface area contributed by atoms with Gasteiger partial charge in [0, 0.05) is 11.7 Å². The molecule has 14 heavy (non-hydrogen) atoms. The van der Waals surface area contributed by atoms with Crippen molar-refractivity contribution in [3.8, 4) is 5.75 Å². The maximum absolute atomic E-state index is 5.14. The molecule has 3 heteroatoms. The second kappa shape index (κ2) is 3.58. The second-order valence-electron chi connectivity index (χ2n) is 3.94. The molecule has 1 N–H and O–H groups in total. The molecule has 0 aliphatic heterocycles. The van der Waals surface area contributed by atoms with Gasteiger partial charge in [-0.15, -0.1) is 0 Å². The lowest BCUT2D eigenvalue weighted by Gasteiger charge is -2.13. The van der Waals surface area contributed by atoms with Crippen LogP contribution in [0.15, 0.2) is 18.5 Å². The zero-order valence-corrected chi connectivity index (χ0v) is 8.71. The molecule has 1 aliphatic rings. The molecule has 1 aromatic rings. The summed E-state index contributed by atoms with van der Waals surface area (Å²) in [5.41, 5.74) is 1.59. The van der Waals surface area contributed by atoms with Crippen LogP contribution in [-0.2, 0) is 6.42 Å². The molecule has 2 rings (SSSR count). The second-order valence-corrected chi connectivity index (χ2v) is 3.94. The van der Waals surface area contributed by atoms with Gasteiger partial charge < -0.3 is 10.1 Å². The molecule has 0 atom stereocenters. The predicted octanol–water partition coefficient (Wildman–Crippen LogP) is 1.38.